The summed E-state index contributed by atoms with van der Waals surface area (Å²) in [5.41, 5.74) is 2.67. The molecule has 1 aliphatic rings. The molecule has 1 aromatic carbocycles. The maximum absolute atomic E-state index is 8.93. The van der Waals surface area contributed by atoms with E-state index in [1.165, 1.54) is 16.1 Å². The number of nitriles is 1. The summed E-state index contributed by atoms with van der Waals surface area (Å²) in [5, 5.41) is 9.30. The van der Waals surface area contributed by atoms with Crippen molar-refractivity contribution in [1.29, 1.82) is 5.26 Å². The Kier molecular flexibility index (Phi) is 3.87. The number of nitrogens with zero attached hydrogens (tertiary/aromatic N) is 2. The molecule has 1 aromatic rings. The van der Waals surface area contributed by atoms with Crippen molar-refractivity contribution in [1.82, 2.24) is 0 Å². The van der Waals surface area contributed by atoms with Gasteiger partial charge >= 0.3 is 0 Å². The minimum Gasteiger partial charge on any atom is -0.370 e. The third-order valence-electron chi connectivity index (χ3n) is 3.75. The van der Waals surface area contributed by atoms with Gasteiger partial charge in [0.15, 0.2) is 0 Å². The highest BCUT2D eigenvalue weighted by atomic mass is 32.2. The smallest absolute Gasteiger partial charge is 0.0634 e. The standard InChI is InChI=1S/C15H20N2S/c1-10(2)12-5-6-13-15(9-12)18-14(7-8-16)11(3)17(13)4/h5-6,9-11,14H,7H2,1-4H3. The van der Waals surface area contributed by atoms with Crippen molar-refractivity contribution in [3.05, 3.63) is 23.8 Å². The van der Waals surface area contributed by atoms with Crippen LogP contribution in [0.2, 0.25) is 0 Å². The molecule has 0 aliphatic carbocycles. The molecule has 2 nitrogen and oxygen atoms in total. The zero-order chi connectivity index (χ0) is 13.3. The Hall–Kier alpha value is -1.14. The number of benzene rings is 1. The van der Waals surface area contributed by atoms with Gasteiger partial charge < -0.3 is 4.90 Å². The molecule has 1 aliphatic heterocycles. The molecule has 2 unspecified atom stereocenters. The second-order valence-electron chi connectivity index (χ2n) is 5.25. The monoisotopic (exact) mass is 260 g/mol. The summed E-state index contributed by atoms with van der Waals surface area (Å²) in [7, 11) is 2.13. The maximum atomic E-state index is 8.93. The van der Waals surface area contributed by atoms with Crippen LogP contribution in [0.4, 0.5) is 5.69 Å². The van der Waals surface area contributed by atoms with Crippen molar-refractivity contribution in [2.75, 3.05) is 11.9 Å². The van der Waals surface area contributed by atoms with E-state index in [-0.39, 0.29) is 0 Å². The highest BCUT2D eigenvalue weighted by Crippen LogP contribution is 2.43. The Morgan fingerprint density at radius 3 is 2.78 bits per heavy atom. The zero-order valence-electron chi connectivity index (χ0n) is 11.5. The van der Waals surface area contributed by atoms with Crippen LogP contribution in [0, 0.1) is 11.3 Å². The Balaban J connectivity index is 2.37. The lowest BCUT2D eigenvalue weighted by atomic mass is 10.0. The Morgan fingerprint density at radius 2 is 2.17 bits per heavy atom. The van der Waals surface area contributed by atoms with Gasteiger partial charge in [0.2, 0.25) is 0 Å². The van der Waals surface area contributed by atoms with Gasteiger partial charge in [-0.15, -0.1) is 11.8 Å². The van der Waals surface area contributed by atoms with Crippen molar-refractivity contribution in [3.63, 3.8) is 0 Å². The third-order valence-corrected chi connectivity index (χ3v) is 5.19. The second-order valence-corrected chi connectivity index (χ2v) is 6.53. The summed E-state index contributed by atoms with van der Waals surface area (Å²) >= 11 is 1.86. The van der Waals surface area contributed by atoms with Crippen molar-refractivity contribution in [3.8, 4) is 6.07 Å². The molecule has 0 amide bonds. The quantitative estimate of drug-likeness (QED) is 0.803. The van der Waals surface area contributed by atoms with Crippen LogP contribution in [-0.4, -0.2) is 18.3 Å². The molecule has 1 heterocycles. The topological polar surface area (TPSA) is 27.0 Å². The van der Waals surface area contributed by atoms with Gasteiger partial charge in [-0.1, -0.05) is 19.9 Å². The first kappa shape index (κ1) is 13.3. The molecular weight excluding hydrogens is 240 g/mol. The molecule has 2 atom stereocenters. The molecule has 96 valence electrons. The zero-order valence-corrected chi connectivity index (χ0v) is 12.3. The van der Waals surface area contributed by atoms with Crippen molar-refractivity contribution >= 4 is 17.4 Å². The molecule has 3 heteroatoms. The van der Waals surface area contributed by atoms with E-state index in [0.29, 0.717) is 23.6 Å². The number of hydrogen-bond acceptors (Lipinski definition) is 3. The fourth-order valence-corrected chi connectivity index (χ4v) is 3.71. The highest BCUT2D eigenvalue weighted by molar-refractivity contribution is 8.00. The average Bonchev–Trinajstić information content (AvgIpc) is 2.35. The average molecular weight is 260 g/mol. The summed E-state index contributed by atoms with van der Waals surface area (Å²) in [5.74, 6) is 0.551. The molecule has 0 radical (unpaired) electrons. The first-order chi connectivity index (χ1) is 8.54. The van der Waals surface area contributed by atoms with Gasteiger partial charge in [0, 0.05) is 29.7 Å². The first-order valence-electron chi connectivity index (χ1n) is 6.45. The van der Waals surface area contributed by atoms with E-state index >= 15 is 0 Å². The number of hydrogen-bond donors (Lipinski definition) is 0. The molecule has 0 aromatic heterocycles. The molecule has 18 heavy (non-hydrogen) atoms. The Morgan fingerprint density at radius 1 is 1.44 bits per heavy atom. The van der Waals surface area contributed by atoms with Crippen LogP contribution in [-0.2, 0) is 0 Å². The molecule has 0 N–H and O–H groups in total. The van der Waals surface area contributed by atoms with E-state index < -0.39 is 0 Å². The Bertz CT molecular complexity index is 476. The van der Waals surface area contributed by atoms with Gasteiger partial charge in [0.25, 0.3) is 0 Å². The Labute approximate surface area is 114 Å². The maximum Gasteiger partial charge on any atom is 0.0634 e. The van der Waals surface area contributed by atoms with Gasteiger partial charge in [0.1, 0.15) is 0 Å². The molecule has 0 fully saturated rings. The van der Waals surface area contributed by atoms with Crippen molar-refractivity contribution in [2.45, 2.75) is 49.3 Å². The normalized spacial score (nSPS) is 22.8. The van der Waals surface area contributed by atoms with Crippen LogP contribution < -0.4 is 4.90 Å². The van der Waals surface area contributed by atoms with E-state index in [1.807, 2.05) is 11.8 Å². The fourth-order valence-electron chi connectivity index (χ4n) is 2.31. The van der Waals surface area contributed by atoms with E-state index in [2.05, 4.69) is 57.0 Å². The van der Waals surface area contributed by atoms with E-state index in [4.69, 9.17) is 5.26 Å². The van der Waals surface area contributed by atoms with Crippen LogP contribution in [0.25, 0.3) is 0 Å². The van der Waals surface area contributed by atoms with Gasteiger partial charge in [-0.05, 0) is 30.5 Å². The second kappa shape index (κ2) is 5.24. The lowest BCUT2D eigenvalue weighted by molar-refractivity contribution is 0.638. The predicted molar refractivity (Wildman–Crippen MR) is 78.3 cm³/mol. The fraction of sp³-hybridized carbons (Fsp3) is 0.533. The number of rotatable bonds is 2. The lowest BCUT2D eigenvalue weighted by Gasteiger charge is -2.38. The van der Waals surface area contributed by atoms with E-state index in [0.717, 1.165) is 0 Å². The SMILES string of the molecule is CC(C)c1ccc2c(c1)SC(CC#N)C(C)N2C. The van der Waals surface area contributed by atoms with E-state index in [9.17, 15) is 0 Å². The molecule has 0 spiro atoms. The molecule has 0 saturated heterocycles. The lowest BCUT2D eigenvalue weighted by Crippen LogP contribution is -2.40. The summed E-state index contributed by atoms with van der Waals surface area (Å²) in [6, 6.07) is 9.45. The first-order valence-corrected chi connectivity index (χ1v) is 7.33. The van der Waals surface area contributed by atoms with Gasteiger partial charge in [-0.2, -0.15) is 5.26 Å². The van der Waals surface area contributed by atoms with Gasteiger partial charge in [0.05, 0.1) is 11.8 Å². The minimum atomic E-state index is 0.370. The summed E-state index contributed by atoms with van der Waals surface area (Å²) in [6.07, 6.45) is 0.613. The number of thioether (sulfide) groups is 1. The van der Waals surface area contributed by atoms with Crippen LogP contribution in [0.1, 0.15) is 38.7 Å². The van der Waals surface area contributed by atoms with Crippen LogP contribution in [0.3, 0.4) is 0 Å². The van der Waals surface area contributed by atoms with Gasteiger partial charge in [-0.3, -0.25) is 0 Å². The minimum absolute atomic E-state index is 0.370. The van der Waals surface area contributed by atoms with Crippen molar-refractivity contribution in [2.24, 2.45) is 0 Å². The summed E-state index contributed by atoms with van der Waals surface area (Å²) in [6.45, 7) is 6.64. The highest BCUT2D eigenvalue weighted by Gasteiger charge is 2.29. The van der Waals surface area contributed by atoms with Crippen LogP contribution in [0.5, 0.6) is 0 Å². The summed E-state index contributed by atoms with van der Waals surface area (Å²) in [4.78, 5) is 3.62. The van der Waals surface area contributed by atoms with E-state index in [1.54, 1.807) is 0 Å². The largest absolute Gasteiger partial charge is 0.370 e. The van der Waals surface area contributed by atoms with Crippen LogP contribution >= 0.6 is 11.8 Å². The number of fused-ring (bicyclic) bond motifs is 1. The molecule has 0 bridgehead atoms. The molecular formula is C15H20N2S. The predicted octanol–water partition coefficient (Wildman–Crippen LogP) is 4.02. The summed E-state index contributed by atoms with van der Waals surface area (Å²) < 4.78 is 0. The van der Waals surface area contributed by atoms with Crippen molar-refractivity contribution < 1.29 is 0 Å². The third kappa shape index (κ3) is 2.35. The van der Waals surface area contributed by atoms with Gasteiger partial charge in [-0.25, -0.2) is 0 Å². The van der Waals surface area contributed by atoms with Crippen LogP contribution in [0.15, 0.2) is 23.1 Å². The number of anilines is 1. The molecule has 0 saturated carbocycles. The molecule has 2 rings (SSSR count).